The van der Waals surface area contributed by atoms with Crippen molar-refractivity contribution in [2.24, 2.45) is 16.2 Å². The summed E-state index contributed by atoms with van der Waals surface area (Å²) in [5.74, 6) is -5.87. The lowest BCUT2D eigenvalue weighted by atomic mass is 9.52. The summed E-state index contributed by atoms with van der Waals surface area (Å²) < 4.78 is 14.9. The van der Waals surface area contributed by atoms with Gasteiger partial charge in [-0.2, -0.15) is 0 Å². The van der Waals surface area contributed by atoms with Crippen LogP contribution < -0.4 is 0 Å². The average Bonchev–Trinajstić information content (AvgIpc) is 2.96. The zero-order valence-electron chi connectivity index (χ0n) is 13.4. The molecular formula is C15H18O9. The van der Waals surface area contributed by atoms with E-state index in [0.717, 1.165) is 0 Å². The van der Waals surface area contributed by atoms with Gasteiger partial charge in [0, 0.05) is 6.42 Å². The van der Waals surface area contributed by atoms with E-state index in [1.54, 1.807) is 20.8 Å². The van der Waals surface area contributed by atoms with Gasteiger partial charge in [0.2, 0.25) is 0 Å². The maximum atomic E-state index is 12.7. The molecule has 1 aliphatic carbocycles. The molecule has 9 nitrogen and oxygen atoms in total. The number of aliphatic hydroxyl groups is 3. The molecule has 4 aliphatic rings. The molecule has 9 heteroatoms. The molecule has 24 heavy (non-hydrogen) atoms. The number of rotatable bonds is 0. The van der Waals surface area contributed by atoms with E-state index in [9.17, 15) is 29.7 Å². The van der Waals surface area contributed by atoms with Gasteiger partial charge in [-0.05, 0) is 5.41 Å². The summed E-state index contributed by atoms with van der Waals surface area (Å²) in [5, 5.41) is 33.0. The van der Waals surface area contributed by atoms with Crippen LogP contribution in [0.15, 0.2) is 0 Å². The molecule has 0 amide bonds. The molecule has 0 aromatic carbocycles. The number of aliphatic hydroxyl groups excluding tert-OH is 1. The first kappa shape index (κ1) is 15.8. The van der Waals surface area contributed by atoms with Crippen LogP contribution in [0.2, 0.25) is 0 Å². The Balaban J connectivity index is 2.10. The summed E-state index contributed by atoms with van der Waals surface area (Å²) in [6, 6.07) is 0. The molecule has 0 bridgehead atoms. The minimum atomic E-state index is -2.87. The third-order valence-electron chi connectivity index (χ3n) is 6.29. The van der Waals surface area contributed by atoms with Crippen molar-refractivity contribution in [3.8, 4) is 0 Å². The van der Waals surface area contributed by atoms with Gasteiger partial charge >= 0.3 is 23.9 Å². The van der Waals surface area contributed by atoms with Crippen LogP contribution >= 0.6 is 0 Å². The van der Waals surface area contributed by atoms with Gasteiger partial charge in [0.25, 0.3) is 0 Å². The second-order valence-electron chi connectivity index (χ2n) is 8.04. The minimum absolute atomic E-state index is 0.243. The fraction of sp³-hybridized carbons (Fsp3) is 0.800. The Hall–Kier alpha value is -1.71. The minimum Gasteiger partial charge on any atom is -0.461 e. The van der Waals surface area contributed by atoms with E-state index in [-0.39, 0.29) is 6.42 Å². The highest BCUT2D eigenvalue weighted by Gasteiger charge is 2.98. The molecule has 4 fully saturated rings. The lowest BCUT2D eigenvalue weighted by Crippen LogP contribution is -2.68. The second kappa shape index (κ2) is 3.76. The fourth-order valence-electron chi connectivity index (χ4n) is 5.27. The predicted molar refractivity (Wildman–Crippen MR) is 71.5 cm³/mol. The van der Waals surface area contributed by atoms with E-state index in [1.807, 2.05) is 0 Å². The van der Waals surface area contributed by atoms with Crippen molar-refractivity contribution in [2.45, 2.75) is 57.4 Å². The molecule has 0 radical (unpaired) electrons. The first-order valence-electron chi connectivity index (χ1n) is 7.66. The standard InChI is InChI=1S/C15H18O9/c1-11(2,3)13(20)4-6-12(5-7(16)22-6)10(19)24-15(21)14(12,13)8(17)9(18)23-15/h6,8,17,20-21H,4-5H2,1-3H3/t6-,8-,12-,13+,14-,15+/m1/s1. The van der Waals surface area contributed by atoms with Crippen molar-refractivity contribution < 1.29 is 43.9 Å². The second-order valence-corrected chi connectivity index (χ2v) is 8.04. The molecule has 0 unspecified atom stereocenters. The maximum absolute atomic E-state index is 12.7. The molecule has 3 saturated heterocycles. The molecule has 1 saturated carbocycles. The fourth-order valence-corrected chi connectivity index (χ4v) is 5.27. The summed E-state index contributed by atoms with van der Waals surface area (Å²) in [6.45, 7) is 4.87. The maximum Gasteiger partial charge on any atom is 0.386 e. The molecule has 2 spiro atoms. The number of hydrogen-bond donors (Lipinski definition) is 3. The van der Waals surface area contributed by atoms with Crippen molar-refractivity contribution in [2.75, 3.05) is 0 Å². The highest BCUT2D eigenvalue weighted by molar-refractivity contribution is 5.95. The molecule has 132 valence electrons. The average molecular weight is 342 g/mol. The molecular weight excluding hydrogens is 324 g/mol. The molecule has 0 aromatic heterocycles. The van der Waals surface area contributed by atoms with Crippen LogP contribution in [0.1, 0.15) is 33.6 Å². The van der Waals surface area contributed by atoms with Crippen molar-refractivity contribution >= 4 is 17.9 Å². The van der Waals surface area contributed by atoms with Crippen LogP contribution in [-0.2, 0) is 28.6 Å². The lowest BCUT2D eigenvalue weighted by molar-refractivity contribution is -0.374. The summed E-state index contributed by atoms with van der Waals surface area (Å²) in [5.41, 5.74) is -7.17. The van der Waals surface area contributed by atoms with Gasteiger partial charge < -0.3 is 29.5 Å². The Morgan fingerprint density at radius 2 is 1.75 bits per heavy atom. The van der Waals surface area contributed by atoms with Crippen LogP contribution in [0.25, 0.3) is 0 Å². The van der Waals surface area contributed by atoms with Gasteiger partial charge in [0.05, 0.1) is 12.0 Å². The first-order chi connectivity index (χ1) is 10.9. The van der Waals surface area contributed by atoms with Crippen molar-refractivity contribution in [1.29, 1.82) is 0 Å². The van der Waals surface area contributed by atoms with Crippen LogP contribution in [0.5, 0.6) is 0 Å². The topological polar surface area (TPSA) is 140 Å². The van der Waals surface area contributed by atoms with Crippen LogP contribution in [0.3, 0.4) is 0 Å². The molecule has 6 atom stereocenters. The molecule has 3 heterocycles. The number of ether oxygens (including phenoxy) is 3. The van der Waals surface area contributed by atoms with E-state index in [1.165, 1.54) is 0 Å². The van der Waals surface area contributed by atoms with Gasteiger partial charge in [-0.15, -0.1) is 0 Å². The van der Waals surface area contributed by atoms with Gasteiger partial charge in [0.15, 0.2) is 11.5 Å². The van der Waals surface area contributed by atoms with Crippen LogP contribution in [0, 0.1) is 16.2 Å². The third-order valence-corrected chi connectivity index (χ3v) is 6.29. The Morgan fingerprint density at radius 3 is 2.33 bits per heavy atom. The van der Waals surface area contributed by atoms with Gasteiger partial charge in [-0.1, -0.05) is 20.8 Å². The van der Waals surface area contributed by atoms with Crippen molar-refractivity contribution in [1.82, 2.24) is 0 Å². The summed E-state index contributed by atoms with van der Waals surface area (Å²) in [6.07, 6.45) is -3.96. The zero-order chi connectivity index (χ0) is 17.9. The summed E-state index contributed by atoms with van der Waals surface area (Å²) >= 11 is 0. The normalized spacial score (nSPS) is 52.5. The van der Waals surface area contributed by atoms with E-state index in [2.05, 4.69) is 0 Å². The number of esters is 3. The Morgan fingerprint density at radius 1 is 1.12 bits per heavy atom. The largest absolute Gasteiger partial charge is 0.461 e. The molecule has 0 aromatic rings. The van der Waals surface area contributed by atoms with Gasteiger partial charge in [-0.25, -0.2) is 4.79 Å². The van der Waals surface area contributed by atoms with Crippen LogP contribution in [0.4, 0.5) is 0 Å². The molecule has 4 rings (SSSR count). The molecule has 3 N–H and O–H groups in total. The predicted octanol–water partition coefficient (Wildman–Crippen LogP) is -1.42. The lowest BCUT2D eigenvalue weighted by Gasteiger charge is -2.51. The van der Waals surface area contributed by atoms with Crippen molar-refractivity contribution in [3.05, 3.63) is 0 Å². The highest BCUT2D eigenvalue weighted by Crippen LogP contribution is 2.77. The highest BCUT2D eigenvalue weighted by atomic mass is 16.9. The third kappa shape index (κ3) is 1.17. The summed E-state index contributed by atoms with van der Waals surface area (Å²) in [7, 11) is 0. The summed E-state index contributed by atoms with van der Waals surface area (Å²) in [4.78, 5) is 36.6. The number of hydrogen-bond acceptors (Lipinski definition) is 9. The first-order valence-corrected chi connectivity index (χ1v) is 7.66. The van der Waals surface area contributed by atoms with E-state index < -0.39 is 64.4 Å². The number of carbonyl (C=O) groups is 3. The smallest absolute Gasteiger partial charge is 0.386 e. The Labute approximate surface area is 136 Å². The Kier molecular flexibility index (Phi) is 2.47. The quantitative estimate of drug-likeness (QED) is 0.452. The van der Waals surface area contributed by atoms with E-state index in [0.29, 0.717) is 0 Å². The van der Waals surface area contributed by atoms with E-state index >= 15 is 0 Å². The Bertz CT molecular complexity index is 696. The molecule has 3 aliphatic heterocycles. The monoisotopic (exact) mass is 342 g/mol. The SMILES string of the molecule is CC(C)(C)[C@@]1(O)C[C@H]2OC(=O)C[C@]23C(=O)O[C@@]2(O)OC(=O)[C@@H](O)[C@@]231. The van der Waals surface area contributed by atoms with Crippen molar-refractivity contribution in [3.63, 3.8) is 0 Å². The van der Waals surface area contributed by atoms with E-state index in [4.69, 9.17) is 14.2 Å². The van der Waals surface area contributed by atoms with Gasteiger partial charge in [0.1, 0.15) is 11.5 Å². The van der Waals surface area contributed by atoms with Gasteiger partial charge in [-0.3, -0.25) is 9.59 Å². The number of carbonyl (C=O) groups excluding carboxylic acids is 3. The van der Waals surface area contributed by atoms with Crippen LogP contribution in [-0.4, -0.2) is 57.0 Å². The zero-order valence-corrected chi connectivity index (χ0v) is 13.4.